The van der Waals surface area contributed by atoms with Crippen molar-refractivity contribution in [1.29, 1.82) is 0 Å². The number of nitrogens with one attached hydrogen (secondary N) is 1. The lowest BCUT2D eigenvalue weighted by Gasteiger charge is -2.17. The number of anilines is 1. The summed E-state index contributed by atoms with van der Waals surface area (Å²) in [6, 6.07) is 4.89. The SMILES string of the molecule is O=C(NCc1ccc(F)cc1C(F)(F)F)C1CC(=O)N(c2ccc(F)c([N+](=O)[O-])c2)C1. The molecule has 31 heavy (non-hydrogen) atoms. The van der Waals surface area contributed by atoms with Crippen LogP contribution in [0.1, 0.15) is 17.5 Å². The average molecular weight is 443 g/mol. The number of nitro benzene ring substituents is 1. The van der Waals surface area contributed by atoms with Crippen LogP contribution in [0.5, 0.6) is 0 Å². The molecule has 1 saturated heterocycles. The molecule has 2 amide bonds. The molecule has 3 rings (SSSR count). The van der Waals surface area contributed by atoms with Crippen LogP contribution in [0.4, 0.5) is 33.3 Å². The minimum absolute atomic E-state index is 0.0197. The lowest BCUT2D eigenvalue weighted by molar-refractivity contribution is -0.387. The Kier molecular flexibility index (Phi) is 5.91. The van der Waals surface area contributed by atoms with Crippen molar-refractivity contribution < 1.29 is 36.5 Å². The van der Waals surface area contributed by atoms with Crippen LogP contribution in [0.25, 0.3) is 0 Å². The van der Waals surface area contributed by atoms with E-state index in [0.29, 0.717) is 6.07 Å². The van der Waals surface area contributed by atoms with E-state index >= 15 is 0 Å². The van der Waals surface area contributed by atoms with Crippen molar-refractivity contribution in [3.63, 3.8) is 0 Å². The summed E-state index contributed by atoms with van der Waals surface area (Å²) in [5.74, 6) is -4.38. The third-order valence-corrected chi connectivity index (χ3v) is 4.76. The Hall–Kier alpha value is -3.57. The average Bonchev–Trinajstić information content (AvgIpc) is 3.08. The van der Waals surface area contributed by atoms with Crippen molar-refractivity contribution in [3.8, 4) is 0 Å². The molecule has 1 aliphatic heterocycles. The molecule has 0 saturated carbocycles. The number of hydrogen-bond donors (Lipinski definition) is 1. The smallest absolute Gasteiger partial charge is 0.352 e. The summed E-state index contributed by atoms with van der Waals surface area (Å²) in [4.78, 5) is 35.6. The first-order valence-electron chi connectivity index (χ1n) is 8.85. The van der Waals surface area contributed by atoms with Crippen molar-refractivity contribution >= 4 is 23.2 Å². The zero-order valence-corrected chi connectivity index (χ0v) is 15.6. The van der Waals surface area contributed by atoms with E-state index < -0.39 is 58.3 Å². The molecule has 164 valence electrons. The van der Waals surface area contributed by atoms with Gasteiger partial charge >= 0.3 is 11.9 Å². The fraction of sp³-hybridized carbons (Fsp3) is 0.263. The van der Waals surface area contributed by atoms with E-state index in [1.165, 1.54) is 0 Å². The first kappa shape index (κ1) is 22.1. The van der Waals surface area contributed by atoms with Crippen LogP contribution in [0.2, 0.25) is 0 Å². The molecule has 1 fully saturated rings. The number of hydrogen-bond acceptors (Lipinski definition) is 4. The Bertz CT molecular complexity index is 1060. The molecule has 0 aromatic heterocycles. The van der Waals surface area contributed by atoms with Crippen molar-refractivity contribution in [1.82, 2.24) is 5.32 Å². The summed E-state index contributed by atoms with van der Waals surface area (Å²) < 4.78 is 65.8. The third-order valence-electron chi connectivity index (χ3n) is 4.76. The third kappa shape index (κ3) is 4.78. The summed E-state index contributed by atoms with van der Waals surface area (Å²) in [7, 11) is 0. The number of benzene rings is 2. The number of nitrogens with zero attached hydrogens (tertiary/aromatic N) is 2. The summed E-state index contributed by atoms with van der Waals surface area (Å²) in [6.45, 7) is -0.732. The molecule has 1 heterocycles. The van der Waals surface area contributed by atoms with Gasteiger partial charge in [0.25, 0.3) is 0 Å². The van der Waals surface area contributed by atoms with Gasteiger partial charge in [-0.1, -0.05) is 6.07 Å². The van der Waals surface area contributed by atoms with Crippen LogP contribution < -0.4 is 10.2 Å². The molecule has 1 aliphatic rings. The van der Waals surface area contributed by atoms with E-state index in [1.807, 2.05) is 0 Å². The predicted octanol–water partition coefficient (Wildman–Crippen LogP) is 3.56. The van der Waals surface area contributed by atoms with E-state index in [4.69, 9.17) is 0 Å². The van der Waals surface area contributed by atoms with Gasteiger partial charge in [0.2, 0.25) is 17.6 Å². The molecule has 0 aliphatic carbocycles. The number of rotatable bonds is 5. The number of alkyl halides is 3. The topological polar surface area (TPSA) is 92.6 Å². The highest BCUT2D eigenvalue weighted by molar-refractivity contribution is 6.00. The van der Waals surface area contributed by atoms with Crippen molar-refractivity contribution in [2.75, 3.05) is 11.4 Å². The molecule has 2 aromatic rings. The quantitative estimate of drug-likeness (QED) is 0.435. The van der Waals surface area contributed by atoms with Gasteiger partial charge in [-0.25, -0.2) is 4.39 Å². The van der Waals surface area contributed by atoms with Gasteiger partial charge in [-0.05, 0) is 29.8 Å². The maximum Gasteiger partial charge on any atom is 0.416 e. The van der Waals surface area contributed by atoms with Gasteiger partial charge in [-0.3, -0.25) is 19.7 Å². The van der Waals surface area contributed by atoms with E-state index in [2.05, 4.69) is 5.32 Å². The highest BCUT2D eigenvalue weighted by Gasteiger charge is 2.37. The van der Waals surface area contributed by atoms with Gasteiger partial charge in [0, 0.05) is 25.6 Å². The molecule has 0 bridgehead atoms. The standard InChI is InChI=1S/C19H14F5N3O4/c20-12-2-1-10(14(6-12)19(22,23)24)8-25-18(29)11-5-17(28)26(9-11)13-3-4-15(21)16(7-13)27(30)31/h1-4,6-7,11H,5,8-9H2,(H,25,29). The van der Waals surface area contributed by atoms with Gasteiger partial charge in [0.1, 0.15) is 5.82 Å². The van der Waals surface area contributed by atoms with Crippen LogP contribution in [0, 0.1) is 27.7 Å². The van der Waals surface area contributed by atoms with Gasteiger partial charge in [-0.2, -0.15) is 17.6 Å². The monoisotopic (exact) mass is 443 g/mol. The predicted molar refractivity (Wildman–Crippen MR) is 96.8 cm³/mol. The zero-order valence-electron chi connectivity index (χ0n) is 15.6. The number of amides is 2. The van der Waals surface area contributed by atoms with E-state index in [9.17, 15) is 41.7 Å². The van der Waals surface area contributed by atoms with Crippen LogP contribution in [-0.4, -0.2) is 23.3 Å². The maximum absolute atomic E-state index is 13.5. The second-order valence-electron chi connectivity index (χ2n) is 6.82. The Morgan fingerprint density at radius 2 is 1.90 bits per heavy atom. The fourth-order valence-corrected chi connectivity index (χ4v) is 3.23. The van der Waals surface area contributed by atoms with Crippen LogP contribution in [0.3, 0.4) is 0 Å². The largest absolute Gasteiger partial charge is 0.416 e. The summed E-state index contributed by atoms with van der Waals surface area (Å²) in [5, 5.41) is 13.2. The summed E-state index contributed by atoms with van der Waals surface area (Å²) in [6.07, 6.45) is -5.11. The fourth-order valence-electron chi connectivity index (χ4n) is 3.23. The van der Waals surface area contributed by atoms with Crippen molar-refractivity contribution in [2.24, 2.45) is 5.92 Å². The molecule has 1 N–H and O–H groups in total. The zero-order chi connectivity index (χ0) is 22.9. The highest BCUT2D eigenvalue weighted by atomic mass is 19.4. The highest BCUT2D eigenvalue weighted by Crippen LogP contribution is 2.33. The lowest BCUT2D eigenvalue weighted by atomic mass is 10.1. The molecule has 7 nitrogen and oxygen atoms in total. The van der Waals surface area contributed by atoms with E-state index in [1.54, 1.807) is 0 Å². The lowest BCUT2D eigenvalue weighted by Crippen LogP contribution is -2.33. The molecule has 1 atom stereocenters. The Balaban J connectivity index is 1.71. The normalized spacial score (nSPS) is 16.5. The maximum atomic E-state index is 13.5. The Morgan fingerprint density at radius 1 is 1.19 bits per heavy atom. The van der Waals surface area contributed by atoms with Gasteiger partial charge in [0.05, 0.1) is 22.1 Å². The summed E-state index contributed by atoms with van der Waals surface area (Å²) >= 11 is 0. The first-order chi connectivity index (χ1) is 14.5. The molecule has 12 heteroatoms. The van der Waals surface area contributed by atoms with Gasteiger partial charge in [-0.15, -0.1) is 0 Å². The number of carbonyl (C=O) groups excluding carboxylic acids is 2. The van der Waals surface area contributed by atoms with Crippen LogP contribution in [-0.2, 0) is 22.3 Å². The molecule has 0 radical (unpaired) electrons. The first-order valence-corrected chi connectivity index (χ1v) is 8.85. The minimum Gasteiger partial charge on any atom is -0.352 e. The number of nitro groups is 1. The number of carbonyl (C=O) groups is 2. The molecular formula is C19H14F5N3O4. The Morgan fingerprint density at radius 3 is 2.55 bits per heavy atom. The van der Waals surface area contributed by atoms with Gasteiger partial charge in [0.15, 0.2) is 0 Å². The number of halogens is 5. The second kappa shape index (κ2) is 8.28. The summed E-state index contributed by atoms with van der Waals surface area (Å²) in [5.41, 5.74) is -2.39. The van der Waals surface area contributed by atoms with Crippen molar-refractivity contribution in [3.05, 3.63) is 69.3 Å². The molecular weight excluding hydrogens is 429 g/mol. The Labute approximate surface area is 171 Å². The second-order valence-corrected chi connectivity index (χ2v) is 6.82. The van der Waals surface area contributed by atoms with E-state index in [0.717, 1.165) is 35.2 Å². The van der Waals surface area contributed by atoms with E-state index in [-0.39, 0.29) is 24.2 Å². The van der Waals surface area contributed by atoms with Crippen LogP contribution in [0.15, 0.2) is 36.4 Å². The molecule has 1 unspecified atom stereocenters. The van der Waals surface area contributed by atoms with Crippen molar-refractivity contribution in [2.45, 2.75) is 19.1 Å². The molecule has 0 spiro atoms. The minimum atomic E-state index is -4.82. The van der Waals surface area contributed by atoms with Gasteiger partial charge < -0.3 is 10.2 Å². The van der Waals surface area contributed by atoms with Crippen LogP contribution >= 0.6 is 0 Å². The molecule has 2 aromatic carbocycles.